The van der Waals surface area contributed by atoms with Gasteiger partial charge in [-0.15, -0.1) is 0 Å². The molecule has 0 N–H and O–H groups in total. The third-order valence-electron chi connectivity index (χ3n) is 5.73. The van der Waals surface area contributed by atoms with E-state index in [4.69, 9.17) is 9.15 Å². The Morgan fingerprint density at radius 1 is 1.06 bits per heavy atom. The molecule has 1 aromatic carbocycles. The van der Waals surface area contributed by atoms with Crippen molar-refractivity contribution < 1.29 is 18.7 Å². The zero-order valence-corrected chi connectivity index (χ0v) is 18.8. The van der Waals surface area contributed by atoms with E-state index < -0.39 is 5.60 Å². The van der Waals surface area contributed by atoms with Gasteiger partial charge in [-0.3, -0.25) is 4.79 Å². The summed E-state index contributed by atoms with van der Waals surface area (Å²) in [4.78, 5) is 33.9. The van der Waals surface area contributed by atoms with Gasteiger partial charge in [-0.1, -0.05) is 12.1 Å². The number of amides is 2. The van der Waals surface area contributed by atoms with Gasteiger partial charge in [0.1, 0.15) is 17.6 Å². The van der Waals surface area contributed by atoms with Crippen LogP contribution in [0.15, 0.2) is 34.9 Å². The maximum Gasteiger partial charge on any atom is 0.410 e. The van der Waals surface area contributed by atoms with Crippen molar-refractivity contribution in [1.29, 1.82) is 0 Å². The molecule has 2 amide bonds. The molecule has 0 atom stereocenters. The standard InChI is InChI=1S/C24H31N3O4/c1-16-25-21(15-30-16)17-5-7-18(8-6-17)22(28)27(19-9-10-19)20-11-13-26(14-12-20)23(29)31-24(2,3)4/h5-8,15,19-20H,9-14H2,1-4H3. The molecular weight excluding hydrogens is 394 g/mol. The van der Waals surface area contributed by atoms with Crippen molar-refractivity contribution in [2.75, 3.05) is 13.1 Å². The second-order valence-electron chi connectivity index (χ2n) is 9.47. The Bertz CT molecular complexity index is 932. The molecule has 0 unspecified atom stereocenters. The van der Waals surface area contributed by atoms with E-state index >= 15 is 0 Å². The van der Waals surface area contributed by atoms with Crippen molar-refractivity contribution >= 4 is 12.0 Å². The number of piperidine rings is 1. The Balaban J connectivity index is 1.41. The fourth-order valence-electron chi connectivity index (χ4n) is 4.06. The molecule has 2 aliphatic rings. The average Bonchev–Trinajstić information content (AvgIpc) is 3.46. The summed E-state index contributed by atoms with van der Waals surface area (Å²) in [5, 5.41) is 0. The second kappa shape index (κ2) is 8.36. The van der Waals surface area contributed by atoms with Crippen LogP contribution in [0, 0.1) is 6.92 Å². The first-order valence-corrected chi connectivity index (χ1v) is 11.0. The monoisotopic (exact) mass is 425 g/mol. The number of likely N-dealkylation sites (tertiary alicyclic amines) is 1. The Kier molecular flexibility index (Phi) is 5.77. The normalized spacial score (nSPS) is 17.5. The number of rotatable bonds is 4. The molecule has 1 aliphatic heterocycles. The highest BCUT2D eigenvalue weighted by atomic mass is 16.6. The van der Waals surface area contributed by atoms with Gasteiger partial charge in [0.15, 0.2) is 5.89 Å². The molecule has 2 heterocycles. The highest BCUT2D eigenvalue weighted by Gasteiger charge is 2.39. The van der Waals surface area contributed by atoms with Crippen LogP contribution in [-0.2, 0) is 4.74 Å². The zero-order valence-electron chi connectivity index (χ0n) is 18.8. The predicted molar refractivity (Wildman–Crippen MR) is 117 cm³/mol. The van der Waals surface area contributed by atoms with Crippen LogP contribution in [0.25, 0.3) is 11.3 Å². The minimum Gasteiger partial charge on any atom is -0.449 e. The van der Waals surface area contributed by atoms with Crippen molar-refractivity contribution in [3.63, 3.8) is 0 Å². The molecule has 2 aromatic rings. The first-order valence-electron chi connectivity index (χ1n) is 11.0. The molecule has 1 aromatic heterocycles. The van der Waals surface area contributed by atoms with Gasteiger partial charge in [0.05, 0.1) is 0 Å². The first kappa shape index (κ1) is 21.4. The predicted octanol–water partition coefficient (Wildman–Crippen LogP) is 4.65. The van der Waals surface area contributed by atoms with Gasteiger partial charge in [0.2, 0.25) is 0 Å². The van der Waals surface area contributed by atoms with E-state index in [1.54, 1.807) is 11.2 Å². The summed E-state index contributed by atoms with van der Waals surface area (Å²) in [6, 6.07) is 8.03. The molecule has 4 rings (SSSR count). The fourth-order valence-corrected chi connectivity index (χ4v) is 4.06. The smallest absolute Gasteiger partial charge is 0.410 e. The Labute approximate surface area is 183 Å². The lowest BCUT2D eigenvalue weighted by Gasteiger charge is -2.39. The lowest BCUT2D eigenvalue weighted by molar-refractivity contribution is 0.0142. The van der Waals surface area contributed by atoms with E-state index in [0.717, 1.165) is 36.9 Å². The van der Waals surface area contributed by atoms with Gasteiger partial charge in [-0.2, -0.15) is 0 Å². The molecule has 166 valence electrons. The third-order valence-corrected chi connectivity index (χ3v) is 5.73. The van der Waals surface area contributed by atoms with Crippen LogP contribution < -0.4 is 0 Å². The number of benzene rings is 1. The van der Waals surface area contributed by atoms with Crippen LogP contribution >= 0.6 is 0 Å². The van der Waals surface area contributed by atoms with Crippen LogP contribution in [0.5, 0.6) is 0 Å². The van der Waals surface area contributed by atoms with Gasteiger partial charge >= 0.3 is 6.09 Å². The van der Waals surface area contributed by atoms with Crippen molar-refractivity contribution in [2.45, 2.75) is 71.1 Å². The van der Waals surface area contributed by atoms with Crippen LogP contribution in [-0.4, -0.2) is 57.6 Å². The van der Waals surface area contributed by atoms with E-state index in [1.165, 1.54) is 0 Å². The molecule has 0 spiro atoms. The summed E-state index contributed by atoms with van der Waals surface area (Å²) in [5.74, 6) is 0.689. The molecule has 1 aliphatic carbocycles. The van der Waals surface area contributed by atoms with Crippen molar-refractivity contribution in [3.8, 4) is 11.3 Å². The van der Waals surface area contributed by atoms with E-state index in [1.807, 2.05) is 52.0 Å². The van der Waals surface area contributed by atoms with Gasteiger partial charge in [-0.05, 0) is 58.6 Å². The second-order valence-corrected chi connectivity index (χ2v) is 9.47. The summed E-state index contributed by atoms with van der Waals surface area (Å²) in [6.07, 6.45) is 5.01. The maximum atomic E-state index is 13.4. The number of oxazole rings is 1. The van der Waals surface area contributed by atoms with Crippen molar-refractivity contribution in [3.05, 3.63) is 42.0 Å². The van der Waals surface area contributed by atoms with Gasteiger partial charge in [0.25, 0.3) is 5.91 Å². The fraction of sp³-hybridized carbons (Fsp3) is 0.542. The maximum absolute atomic E-state index is 13.4. The van der Waals surface area contributed by atoms with Crippen LogP contribution in [0.3, 0.4) is 0 Å². The summed E-state index contributed by atoms with van der Waals surface area (Å²) < 4.78 is 10.8. The number of aromatic nitrogens is 1. The van der Waals surface area contributed by atoms with Crippen LogP contribution in [0.1, 0.15) is 62.7 Å². The number of carbonyl (C=O) groups excluding carboxylic acids is 2. The summed E-state index contributed by atoms with van der Waals surface area (Å²) in [5.41, 5.74) is 1.88. The van der Waals surface area contributed by atoms with Crippen LogP contribution in [0.2, 0.25) is 0 Å². The number of aryl methyl sites for hydroxylation is 1. The molecule has 0 radical (unpaired) electrons. The van der Waals surface area contributed by atoms with Gasteiger partial charge in [0, 0.05) is 43.2 Å². The third kappa shape index (κ3) is 5.09. The number of ether oxygens (including phenoxy) is 1. The Hall–Kier alpha value is -2.83. The average molecular weight is 426 g/mol. The number of hydrogen-bond donors (Lipinski definition) is 0. The number of nitrogens with zero attached hydrogens (tertiary/aromatic N) is 3. The Morgan fingerprint density at radius 3 is 2.19 bits per heavy atom. The highest BCUT2D eigenvalue weighted by molar-refractivity contribution is 5.95. The Morgan fingerprint density at radius 2 is 1.68 bits per heavy atom. The minimum absolute atomic E-state index is 0.0705. The minimum atomic E-state index is -0.499. The molecular formula is C24H31N3O4. The van der Waals surface area contributed by atoms with E-state index in [2.05, 4.69) is 9.88 Å². The SMILES string of the molecule is Cc1nc(-c2ccc(C(=O)N(C3CC3)C3CCN(C(=O)OC(C)(C)C)CC3)cc2)co1. The quantitative estimate of drug-likeness (QED) is 0.712. The van der Waals surface area contributed by atoms with Gasteiger partial charge < -0.3 is 19.0 Å². The molecule has 31 heavy (non-hydrogen) atoms. The number of hydrogen-bond acceptors (Lipinski definition) is 5. The lowest BCUT2D eigenvalue weighted by atomic mass is 10.0. The summed E-state index contributed by atoms with van der Waals surface area (Å²) in [6.45, 7) is 8.66. The van der Waals surface area contributed by atoms with Crippen LogP contribution in [0.4, 0.5) is 4.79 Å². The first-order chi connectivity index (χ1) is 14.7. The lowest BCUT2D eigenvalue weighted by Crippen LogP contribution is -2.50. The largest absolute Gasteiger partial charge is 0.449 e. The molecule has 0 bridgehead atoms. The van der Waals surface area contributed by atoms with E-state index in [-0.39, 0.29) is 18.0 Å². The molecule has 7 heteroatoms. The summed E-state index contributed by atoms with van der Waals surface area (Å²) in [7, 11) is 0. The van der Waals surface area contributed by atoms with E-state index in [0.29, 0.717) is 30.6 Å². The summed E-state index contributed by atoms with van der Waals surface area (Å²) >= 11 is 0. The molecule has 1 saturated carbocycles. The van der Waals surface area contributed by atoms with Gasteiger partial charge in [-0.25, -0.2) is 9.78 Å². The molecule has 1 saturated heterocycles. The highest BCUT2D eigenvalue weighted by Crippen LogP contribution is 2.34. The van der Waals surface area contributed by atoms with E-state index in [9.17, 15) is 9.59 Å². The zero-order chi connectivity index (χ0) is 22.2. The van der Waals surface area contributed by atoms with Crippen molar-refractivity contribution in [1.82, 2.24) is 14.8 Å². The van der Waals surface area contributed by atoms with Crippen molar-refractivity contribution in [2.24, 2.45) is 0 Å². The number of carbonyl (C=O) groups is 2. The topological polar surface area (TPSA) is 75.9 Å². The molecule has 2 fully saturated rings. The molecule has 7 nitrogen and oxygen atoms in total.